The van der Waals surface area contributed by atoms with E-state index in [2.05, 4.69) is 10.1 Å². The molecule has 0 aliphatic carbocycles. The summed E-state index contributed by atoms with van der Waals surface area (Å²) in [6, 6.07) is 11.6. The van der Waals surface area contributed by atoms with Gasteiger partial charge in [-0.05, 0) is 68.3 Å². The number of amides is 1. The van der Waals surface area contributed by atoms with Crippen molar-refractivity contribution in [2.24, 2.45) is 0 Å². The van der Waals surface area contributed by atoms with Gasteiger partial charge in [0, 0.05) is 12.2 Å². The van der Waals surface area contributed by atoms with Crippen LogP contribution < -0.4 is 10.1 Å². The van der Waals surface area contributed by atoms with Crippen molar-refractivity contribution in [3.8, 4) is 5.75 Å². The van der Waals surface area contributed by atoms with Crippen LogP contribution in [-0.4, -0.2) is 50.9 Å². The number of rotatable bonds is 7. The summed E-state index contributed by atoms with van der Waals surface area (Å²) in [7, 11) is -2.53. The first-order valence-electron chi connectivity index (χ1n) is 9.60. The zero-order valence-corrected chi connectivity index (χ0v) is 17.6. The van der Waals surface area contributed by atoms with Gasteiger partial charge < -0.3 is 14.8 Å². The van der Waals surface area contributed by atoms with Crippen molar-refractivity contribution < 1.29 is 27.5 Å². The standard InChI is InChI=1S/C21H24N2O6S/c1-3-29-17-10-12-18(13-11-17)30(26,27)23-14-4-5-19(23)20(24)22-16-8-6-15(7-9-16)21(25)28-2/h6-13,19H,3-5,14H2,1-2H3,(H,22,24)/t19-/m0/s1. The molecule has 2 aromatic carbocycles. The van der Waals surface area contributed by atoms with Crippen molar-refractivity contribution in [1.29, 1.82) is 0 Å². The molecule has 0 aromatic heterocycles. The summed E-state index contributed by atoms with van der Waals surface area (Å²) in [6.45, 7) is 2.61. The largest absolute Gasteiger partial charge is 0.494 e. The van der Waals surface area contributed by atoms with Crippen molar-refractivity contribution in [3.63, 3.8) is 0 Å². The second-order valence-corrected chi connectivity index (χ2v) is 8.63. The summed E-state index contributed by atoms with van der Waals surface area (Å²) in [6.07, 6.45) is 1.03. The highest BCUT2D eigenvalue weighted by atomic mass is 32.2. The van der Waals surface area contributed by atoms with Gasteiger partial charge >= 0.3 is 5.97 Å². The minimum absolute atomic E-state index is 0.119. The molecule has 2 aromatic rings. The van der Waals surface area contributed by atoms with E-state index in [0.29, 0.717) is 36.4 Å². The first kappa shape index (κ1) is 21.8. The minimum Gasteiger partial charge on any atom is -0.494 e. The van der Waals surface area contributed by atoms with E-state index in [9.17, 15) is 18.0 Å². The zero-order valence-electron chi connectivity index (χ0n) is 16.8. The van der Waals surface area contributed by atoms with E-state index in [1.54, 1.807) is 24.3 Å². The molecule has 1 aliphatic heterocycles. The minimum atomic E-state index is -3.82. The Morgan fingerprint density at radius 1 is 1.10 bits per heavy atom. The van der Waals surface area contributed by atoms with Crippen molar-refractivity contribution in [1.82, 2.24) is 4.31 Å². The third-order valence-electron chi connectivity index (χ3n) is 4.82. The second kappa shape index (κ2) is 9.27. The van der Waals surface area contributed by atoms with Crippen LogP contribution in [0.25, 0.3) is 0 Å². The van der Waals surface area contributed by atoms with Gasteiger partial charge in [-0.25, -0.2) is 13.2 Å². The van der Waals surface area contributed by atoms with E-state index in [1.807, 2.05) is 6.92 Å². The summed E-state index contributed by atoms with van der Waals surface area (Å²) < 4.78 is 37.4. The third-order valence-corrected chi connectivity index (χ3v) is 6.74. The number of benzene rings is 2. The Labute approximate surface area is 175 Å². The molecular weight excluding hydrogens is 408 g/mol. The van der Waals surface area contributed by atoms with Crippen LogP contribution in [0.3, 0.4) is 0 Å². The highest BCUT2D eigenvalue weighted by molar-refractivity contribution is 7.89. The number of nitrogens with one attached hydrogen (secondary N) is 1. The molecule has 30 heavy (non-hydrogen) atoms. The SMILES string of the molecule is CCOc1ccc(S(=O)(=O)N2CCC[C@H]2C(=O)Nc2ccc(C(=O)OC)cc2)cc1. The quantitative estimate of drug-likeness (QED) is 0.675. The average Bonchev–Trinajstić information content (AvgIpc) is 3.25. The summed E-state index contributed by atoms with van der Waals surface area (Å²) in [5, 5.41) is 2.73. The summed E-state index contributed by atoms with van der Waals surface area (Å²) in [4.78, 5) is 24.4. The van der Waals surface area contributed by atoms with Gasteiger partial charge in [0.05, 0.1) is 24.2 Å². The Morgan fingerprint density at radius 3 is 2.37 bits per heavy atom. The van der Waals surface area contributed by atoms with Gasteiger partial charge in [-0.3, -0.25) is 4.79 Å². The molecule has 0 radical (unpaired) electrons. The summed E-state index contributed by atoms with van der Waals surface area (Å²) >= 11 is 0. The van der Waals surface area contributed by atoms with Crippen molar-refractivity contribution >= 4 is 27.6 Å². The first-order chi connectivity index (χ1) is 14.4. The van der Waals surface area contributed by atoms with Crippen molar-refractivity contribution in [2.45, 2.75) is 30.7 Å². The van der Waals surface area contributed by atoms with Crippen LogP contribution in [0.1, 0.15) is 30.1 Å². The molecule has 9 heteroatoms. The number of ether oxygens (including phenoxy) is 2. The highest BCUT2D eigenvalue weighted by Gasteiger charge is 2.39. The maximum atomic E-state index is 13.1. The van der Waals surface area contributed by atoms with Crippen molar-refractivity contribution in [2.75, 3.05) is 25.6 Å². The third kappa shape index (κ3) is 4.63. The molecule has 3 rings (SSSR count). The molecule has 1 N–H and O–H groups in total. The lowest BCUT2D eigenvalue weighted by Gasteiger charge is -2.23. The lowest BCUT2D eigenvalue weighted by atomic mass is 10.2. The fraction of sp³-hybridized carbons (Fsp3) is 0.333. The Balaban J connectivity index is 1.74. The fourth-order valence-corrected chi connectivity index (χ4v) is 4.99. The smallest absolute Gasteiger partial charge is 0.337 e. The van der Waals surface area contributed by atoms with Gasteiger partial charge in [0.1, 0.15) is 11.8 Å². The van der Waals surface area contributed by atoms with E-state index in [1.165, 1.54) is 35.7 Å². The number of carbonyl (C=O) groups is 2. The van der Waals surface area contributed by atoms with Crippen LogP contribution in [0.15, 0.2) is 53.4 Å². The number of hydrogen-bond donors (Lipinski definition) is 1. The zero-order chi connectivity index (χ0) is 21.7. The monoisotopic (exact) mass is 432 g/mol. The lowest BCUT2D eigenvalue weighted by Crippen LogP contribution is -2.43. The van der Waals surface area contributed by atoms with E-state index >= 15 is 0 Å². The Morgan fingerprint density at radius 2 is 1.77 bits per heavy atom. The average molecular weight is 432 g/mol. The van der Waals surface area contributed by atoms with Crippen LogP contribution in [0.2, 0.25) is 0 Å². The summed E-state index contributed by atoms with van der Waals surface area (Å²) in [5.41, 5.74) is 0.828. The molecule has 1 heterocycles. The summed E-state index contributed by atoms with van der Waals surface area (Å²) in [5.74, 6) is -0.299. The topological polar surface area (TPSA) is 102 Å². The normalized spacial score (nSPS) is 16.8. The number of nitrogens with zero attached hydrogens (tertiary/aromatic N) is 1. The Kier molecular flexibility index (Phi) is 6.73. The molecule has 1 amide bonds. The number of hydrogen-bond acceptors (Lipinski definition) is 6. The van der Waals surface area contributed by atoms with Crippen LogP contribution >= 0.6 is 0 Å². The van der Waals surface area contributed by atoms with E-state index < -0.39 is 27.9 Å². The molecule has 0 bridgehead atoms. The van der Waals surface area contributed by atoms with Gasteiger partial charge in [-0.2, -0.15) is 4.31 Å². The molecule has 1 aliphatic rings. The maximum Gasteiger partial charge on any atom is 0.337 e. The molecule has 1 fully saturated rings. The Hall–Kier alpha value is -2.91. The number of carbonyl (C=O) groups excluding carboxylic acids is 2. The fourth-order valence-electron chi connectivity index (χ4n) is 3.33. The number of anilines is 1. The molecule has 0 spiro atoms. The van der Waals surface area contributed by atoms with E-state index in [-0.39, 0.29) is 11.4 Å². The molecule has 1 atom stereocenters. The predicted octanol–water partition coefficient (Wildman–Crippen LogP) is 2.66. The van der Waals surface area contributed by atoms with Gasteiger partial charge in [0.25, 0.3) is 0 Å². The van der Waals surface area contributed by atoms with Crippen LogP contribution in [0.4, 0.5) is 5.69 Å². The molecule has 8 nitrogen and oxygen atoms in total. The predicted molar refractivity (Wildman–Crippen MR) is 111 cm³/mol. The first-order valence-corrected chi connectivity index (χ1v) is 11.0. The van der Waals surface area contributed by atoms with Gasteiger partial charge in [0.2, 0.25) is 15.9 Å². The van der Waals surface area contributed by atoms with Crippen LogP contribution in [0.5, 0.6) is 5.75 Å². The second-order valence-electron chi connectivity index (χ2n) is 6.74. The van der Waals surface area contributed by atoms with Crippen LogP contribution in [-0.2, 0) is 19.6 Å². The van der Waals surface area contributed by atoms with E-state index in [0.717, 1.165) is 0 Å². The van der Waals surface area contributed by atoms with Crippen LogP contribution in [0, 0.1) is 0 Å². The number of sulfonamides is 1. The van der Waals surface area contributed by atoms with Gasteiger partial charge in [-0.1, -0.05) is 0 Å². The van der Waals surface area contributed by atoms with Crippen molar-refractivity contribution in [3.05, 3.63) is 54.1 Å². The molecule has 0 saturated carbocycles. The molecule has 160 valence electrons. The maximum absolute atomic E-state index is 13.1. The Bertz CT molecular complexity index is 1000. The van der Waals surface area contributed by atoms with Gasteiger partial charge in [0.15, 0.2) is 0 Å². The lowest BCUT2D eigenvalue weighted by molar-refractivity contribution is -0.119. The highest BCUT2D eigenvalue weighted by Crippen LogP contribution is 2.28. The molecular formula is C21H24N2O6S. The number of esters is 1. The molecule has 0 unspecified atom stereocenters. The van der Waals surface area contributed by atoms with Gasteiger partial charge in [-0.15, -0.1) is 0 Å². The van der Waals surface area contributed by atoms with E-state index in [4.69, 9.17) is 4.74 Å². The molecule has 1 saturated heterocycles. The number of methoxy groups -OCH3 is 1.